The molecule has 2 aromatic carbocycles. The number of nitrogens with two attached hydrogens (primary N) is 1. The van der Waals surface area contributed by atoms with Gasteiger partial charge in [-0.15, -0.1) is 11.3 Å². The molecule has 2 heterocycles. The third-order valence-electron chi connectivity index (χ3n) is 7.53. The van der Waals surface area contributed by atoms with Crippen molar-refractivity contribution in [2.75, 3.05) is 19.7 Å². The molecule has 0 saturated carbocycles. The molecule has 1 aromatic heterocycles. The molecule has 15 heteroatoms. The number of nitrogens with zero attached hydrogens (tertiary/aromatic N) is 1. The lowest BCUT2D eigenvalue weighted by atomic mass is 10.0. The number of likely N-dealkylation sites (tertiary alicyclic amines) is 1. The number of hydrogen-bond acceptors (Lipinski definition) is 7. The van der Waals surface area contributed by atoms with Crippen LogP contribution in [-0.4, -0.2) is 72.0 Å². The molecule has 1 aliphatic carbocycles. The molecule has 232 valence electrons. The third-order valence-corrected chi connectivity index (χ3v) is 8.58. The van der Waals surface area contributed by atoms with Crippen LogP contribution in [0.4, 0.5) is 17.6 Å². The van der Waals surface area contributed by atoms with Gasteiger partial charge < -0.3 is 31.1 Å². The normalized spacial score (nSPS) is 18.9. The molecule has 1 saturated heterocycles. The largest absolute Gasteiger partial charge is 0.394 e. The zero-order valence-corrected chi connectivity index (χ0v) is 23.7. The number of aliphatic hydroxyl groups excluding tert-OH is 1. The molecule has 10 nitrogen and oxygen atoms in total. The zero-order chi connectivity index (χ0) is 31.8. The number of ether oxygens (including phenoxy) is 1. The highest BCUT2D eigenvalue weighted by Gasteiger charge is 2.44. The van der Waals surface area contributed by atoms with Gasteiger partial charge in [-0.2, -0.15) is 17.6 Å². The van der Waals surface area contributed by atoms with E-state index < -0.39 is 61.6 Å². The van der Waals surface area contributed by atoms with Crippen LogP contribution < -0.4 is 16.4 Å². The van der Waals surface area contributed by atoms with E-state index in [-0.39, 0.29) is 46.6 Å². The lowest BCUT2D eigenvalue weighted by molar-refractivity contribution is -0.160. The second-order valence-corrected chi connectivity index (χ2v) is 11.2. The minimum atomic E-state index is -3.23. The fourth-order valence-electron chi connectivity index (χ4n) is 5.40. The number of hydrogen-bond donors (Lipinski definition) is 5. The molecule has 0 bridgehead atoms. The van der Waals surface area contributed by atoms with Gasteiger partial charge in [0, 0.05) is 45.5 Å². The molecule has 5 rings (SSSR count). The van der Waals surface area contributed by atoms with Gasteiger partial charge in [0.25, 0.3) is 11.8 Å². The maximum Gasteiger partial charge on any atom is 0.345 e. The summed E-state index contributed by atoms with van der Waals surface area (Å²) in [5.74, 6) is -5.70. The van der Waals surface area contributed by atoms with E-state index >= 15 is 0 Å². The molecule has 3 atom stereocenters. The van der Waals surface area contributed by atoms with Crippen molar-refractivity contribution in [1.29, 1.82) is 5.41 Å². The molecular weight excluding hydrogens is 606 g/mol. The zero-order valence-electron chi connectivity index (χ0n) is 22.9. The molecule has 0 spiro atoms. The minimum Gasteiger partial charge on any atom is -0.394 e. The van der Waals surface area contributed by atoms with Crippen molar-refractivity contribution in [1.82, 2.24) is 15.5 Å². The van der Waals surface area contributed by atoms with Crippen LogP contribution in [0.3, 0.4) is 0 Å². The Balaban J connectivity index is 1.28. The highest BCUT2D eigenvalue weighted by molar-refractivity contribution is 7.10. The van der Waals surface area contributed by atoms with Crippen molar-refractivity contribution in [2.24, 2.45) is 5.73 Å². The number of alkyl halides is 4. The van der Waals surface area contributed by atoms with Crippen LogP contribution in [0.2, 0.25) is 0 Å². The van der Waals surface area contributed by atoms with Crippen LogP contribution in [0.1, 0.15) is 44.4 Å². The number of nitrogen functional groups attached to an aromatic ring is 1. The monoisotopic (exact) mass is 633 g/mol. The van der Waals surface area contributed by atoms with Crippen LogP contribution in [-0.2, 0) is 20.2 Å². The smallest absolute Gasteiger partial charge is 0.345 e. The number of benzene rings is 2. The fourth-order valence-corrected chi connectivity index (χ4v) is 6.35. The van der Waals surface area contributed by atoms with Gasteiger partial charge in [0.2, 0.25) is 11.8 Å². The average molecular weight is 634 g/mol. The molecule has 3 aromatic rings. The topological polar surface area (TPSA) is 158 Å². The fraction of sp³-hybridized carbons (Fsp3) is 0.310. The summed E-state index contributed by atoms with van der Waals surface area (Å²) in [7, 11) is 0. The summed E-state index contributed by atoms with van der Waals surface area (Å²) in [4.78, 5) is 40.8. The summed E-state index contributed by atoms with van der Waals surface area (Å²) in [6, 6.07) is 8.96. The Labute approximate surface area is 252 Å². The maximum atomic E-state index is 14.9. The maximum absolute atomic E-state index is 14.9. The third kappa shape index (κ3) is 6.02. The summed E-state index contributed by atoms with van der Waals surface area (Å²) < 4.78 is 60.3. The first kappa shape index (κ1) is 31.1. The van der Waals surface area contributed by atoms with E-state index in [2.05, 4.69) is 15.4 Å². The second kappa shape index (κ2) is 12.3. The molecule has 44 heavy (non-hydrogen) atoms. The Kier molecular flexibility index (Phi) is 8.72. The van der Waals surface area contributed by atoms with Crippen LogP contribution in [0.15, 0.2) is 53.9 Å². The van der Waals surface area contributed by atoms with Gasteiger partial charge in [-0.05, 0) is 29.3 Å². The SMILES string of the molecule is N=C(N)c1csc([C@@H](CO)NC(=O)[C@@H]2C[C@@H](OC(F)F)CN2C(=O)CNC(=O)c2ccc3c(c2)-c2ccccc2C3(F)F)c1. The highest BCUT2D eigenvalue weighted by atomic mass is 32.1. The first-order valence-electron chi connectivity index (χ1n) is 13.4. The molecular formula is C29H27F4N5O5S. The molecule has 3 amide bonds. The molecule has 6 N–H and O–H groups in total. The standard InChI is InChI=1S/C29H27F4N5O5S/c30-28(31)43-16-9-22(27(42)37-21(12-39)23-8-15(13-44-23)25(34)35)38(11-16)24(40)10-36-26(41)14-5-6-20-18(7-14)17-3-1-2-4-19(17)29(20,32)33/h1-8,13,16,21-22,28,39H,9-12H2,(H3,34,35)(H,36,41)(H,37,42)/t16-,21-,22+/m1/s1. The summed E-state index contributed by atoms with van der Waals surface area (Å²) in [6.07, 6.45) is -1.45. The number of carbonyl (C=O) groups is 3. The minimum absolute atomic E-state index is 0.0188. The van der Waals surface area contributed by atoms with Crippen molar-refractivity contribution in [2.45, 2.75) is 37.1 Å². The summed E-state index contributed by atoms with van der Waals surface area (Å²) in [5, 5.41) is 24.0. The quantitative estimate of drug-likeness (QED) is 0.131. The lowest BCUT2D eigenvalue weighted by Crippen LogP contribution is -2.49. The van der Waals surface area contributed by atoms with E-state index in [0.717, 1.165) is 22.3 Å². The first-order chi connectivity index (χ1) is 20.9. The number of carbonyl (C=O) groups excluding carboxylic acids is 3. The Morgan fingerprint density at radius 3 is 2.52 bits per heavy atom. The van der Waals surface area contributed by atoms with Crippen LogP contribution in [0.5, 0.6) is 0 Å². The lowest BCUT2D eigenvalue weighted by Gasteiger charge is -2.25. The number of amides is 3. The Morgan fingerprint density at radius 2 is 1.84 bits per heavy atom. The number of halogens is 4. The molecule has 0 radical (unpaired) electrons. The van der Waals surface area contributed by atoms with Crippen molar-refractivity contribution >= 4 is 34.9 Å². The Morgan fingerprint density at radius 1 is 1.11 bits per heavy atom. The van der Waals surface area contributed by atoms with E-state index in [1.165, 1.54) is 36.4 Å². The number of fused-ring (bicyclic) bond motifs is 3. The molecule has 1 fully saturated rings. The van der Waals surface area contributed by atoms with Crippen molar-refractivity contribution in [3.8, 4) is 11.1 Å². The number of amidine groups is 1. The van der Waals surface area contributed by atoms with Gasteiger partial charge in [0.15, 0.2) is 0 Å². The van der Waals surface area contributed by atoms with Crippen molar-refractivity contribution in [3.05, 3.63) is 81.0 Å². The second-order valence-electron chi connectivity index (χ2n) is 10.3. The van der Waals surface area contributed by atoms with E-state index in [1.54, 1.807) is 11.4 Å². The van der Waals surface area contributed by atoms with Crippen molar-refractivity contribution in [3.63, 3.8) is 0 Å². The van der Waals surface area contributed by atoms with E-state index in [4.69, 9.17) is 11.1 Å². The highest BCUT2D eigenvalue weighted by Crippen LogP contribution is 2.50. The number of aliphatic hydroxyl groups is 1. The van der Waals surface area contributed by atoms with Gasteiger partial charge >= 0.3 is 6.61 Å². The van der Waals surface area contributed by atoms with E-state index in [1.807, 2.05) is 0 Å². The van der Waals surface area contributed by atoms with Crippen LogP contribution >= 0.6 is 11.3 Å². The van der Waals surface area contributed by atoms with Crippen LogP contribution in [0.25, 0.3) is 11.1 Å². The van der Waals surface area contributed by atoms with Crippen molar-refractivity contribution < 1.29 is 41.8 Å². The van der Waals surface area contributed by atoms with Gasteiger partial charge in [0.05, 0.1) is 25.3 Å². The summed E-state index contributed by atoms with van der Waals surface area (Å²) in [6.45, 7) is -4.67. The number of thiophene rings is 1. The summed E-state index contributed by atoms with van der Waals surface area (Å²) in [5.41, 5.74) is 5.93. The van der Waals surface area contributed by atoms with Gasteiger partial charge in [-0.3, -0.25) is 19.8 Å². The molecule has 0 unspecified atom stereocenters. The van der Waals surface area contributed by atoms with Gasteiger partial charge in [0.1, 0.15) is 11.9 Å². The van der Waals surface area contributed by atoms with E-state index in [0.29, 0.717) is 10.4 Å². The van der Waals surface area contributed by atoms with Gasteiger partial charge in [-0.1, -0.05) is 30.3 Å². The van der Waals surface area contributed by atoms with Gasteiger partial charge in [-0.25, -0.2) is 0 Å². The summed E-state index contributed by atoms with van der Waals surface area (Å²) >= 11 is 1.13. The molecule has 2 aliphatic rings. The molecule has 1 aliphatic heterocycles. The predicted molar refractivity (Wildman–Crippen MR) is 152 cm³/mol. The number of rotatable bonds is 10. The Hall–Kier alpha value is -4.34. The average Bonchev–Trinajstić information content (AvgIpc) is 3.70. The van der Waals surface area contributed by atoms with E-state index in [9.17, 15) is 37.1 Å². The number of nitrogens with one attached hydrogen (secondary N) is 3. The Bertz CT molecular complexity index is 1620. The van der Waals surface area contributed by atoms with Crippen LogP contribution in [0, 0.1) is 5.41 Å². The predicted octanol–water partition coefficient (Wildman–Crippen LogP) is 2.94. The first-order valence-corrected chi connectivity index (χ1v) is 14.3.